The summed E-state index contributed by atoms with van der Waals surface area (Å²) in [5.74, 6) is -1.09. The van der Waals surface area contributed by atoms with Crippen LogP contribution in [0.4, 0.5) is 0 Å². The fourth-order valence-electron chi connectivity index (χ4n) is 0.679. The van der Waals surface area contributed by atoms with Gasteiger partial charge in [-0.3, -0.25) is 4.79 Å². The zero-order valence-electron chi connectivity index (χ0n) is 6.13. The van der Waals surface area contributed by atoms with Crippen molar-refractivity contribution in [3.63, 3.8) is 0 Å². The van der Waals surface area contributed by atoms with E-state index in [2.05, 4.69) is 0 Å². The van der Waals surface area contributed by atoms with E-state index >= 15 is 0 Å². The van der Waals surface area contributed by atoms with Crippen LogP contribution in [0.15, 0.2) is 0 Å². The van der Waals surface area contributed by atoms with Crippen LogP contribution in [0.25, 0.3) is 0 Å². The van der Waals surface area contributed by atoms with E-state index in [1.54, 1.807) is 0 Å². The van der Waals surface area contributed by atoms with Crippen LogP contribution in [0.3, 0.4) is 0 Å². The van der Waals surface area contributed by atoms with E-state index in [-0.39, 0.29) is 0 Å². The van der Waals surface area contributed by atoms with E-state index in [1.165, 1.54) is 0 Å². The van der Waals surface area contributed by atoms with Gasteiger partial charge in [-0.15, -0.1) is 0 Å². The van der Waals surface area contributed by atoms with Crippen molar-refractivity contribution in [2.24, 2.45) is 11.7 Å². The van der Waals surface area contributed by atoms with Crippen molar-refractivity contribution in [2.75, 3.05) is 0 Å². The molecular formula is C7H12N2O. The van der Waals surface area contributed by atoms with Crippen LogP contribution in [0, 0.1) is 17.2 Å². The van der Waals surface area contributed by atoms with Crippen LogP contribution in [0.1, 0.15) is 26.2 Å². The number of primary amides is 1. The first kappa shape index (κ1) is 8.96. The van der Waals surface area contributed by atoms with Gasteiger partial charge >= 0.3 is 0 Å². The summed E-state index contributed by atoms with van der Waals surface area (Å²) in [4.78, 5) is 10.4. The third kappa shape index (κ3) is 3.08. The molecule has 2 N–H and O–H groups in total. The van der Waals surface area contributed by atoms with Gasteiger partial charge in [-0.2, -0.15) is 5.26 Å². The molecule has 0 aromatic heterocycles. The summed E-state index contributed by atoms with van der Waals surface area (Å²) in [6, 6.07) is 1.86. The minimum Gasteiger partial charge on any atom is -0.369 e. The lowest BCUT2D eigenvalue weighted by molar-refractivity contribution is -0.120. The zero-order valence-corrected chi connectivity index (χ0v) is 6.13. The van der Waals surface area contributed by atoms with Gasteiger partial charge in [0, 0.05) is 0 Å². The number of nitrogens with zero attached hydrogens (tertiary/aromatic N) is 1. The van der Waals surface area contributed by atoms with Crippen molar-refractivity contribution in [3.8, 4) is 6.07 Å². The second kappa shape index (κ2) is 4.80. The van der Waals surface area contributed by atoms with Crippen LogP contribution in [0.2, 0.25) is 0 Å². The van der Waals surface area contributed by atoms with E-state index in [0.717, 1.165) is 12.8 Å². The van der Waals surface area contributed by atoms with Crippen LogP contribution in [0.5, 0.6) is 0 Å². The number of unbranched alkanes of at least 4 members (excludes halogenated alkanes) is 1. The first-order valence-electron chi connectivity index (χ1n) is 3.41. The predicted molar refractivity (Wildman–Crippen MR) is 37.8 cm³/mol. The van der Waals surface area contributed by atoms with Gasteiger partial charge in [0.1, 0.15) is 5.92 Å². The average Bonchev–Trinajstić information content (AvgIpc) is 1.89. The Morgan fingerprint density at radius 2 is 2.40 bits per heavy atom. The summed E-state index contributed by atoms with van der Waals surface area (Å²) in [5.41, 5.74) is 4.93. The molecule has 0 saturated heterocycles. The average molecular weight is 140 g/mol. The predicted octanol–water partition coefficient (Wildman–Crippen LogP) is 0.802. The largest absolute Gasteiger partial charge is 0.369 e. The number of nitrogens with two attached hydrogens (primary N) is 1. The van der Waals surface area contributed by atoms with E-state index < -0.39 is 11.8 Å². The van der Waals surface area contributed by atoms with Gasteiger partial charge in [-0.05, 0) is 6.42 Å². The van der Waals surface area contributed by atoms with Crippen molar-refractivity contribution in [2.45, 2.75) is 26.2 Å². The molecule has 0 aliphatic carbocycles. The van der Waals surface area contributed by atoms with E-state index in [1.807, 2.05) is 13.0 Å². The molecule has 1 atom stereocenters. The Hall–Kier alpha value is -1.04. The Kier molecular flexibility index (Phi) is 4.30. The van der Waals surface area contributed by atoms with Crippen LogP contribution < -0.4 is 5.73 Å². The Morgan fingerprint density at radius 1 is 1.80 bits per heavy atom. The molecule has 0 aromatic carbocycles. The molecule has 1 amide bonds. The lowest BCUT2D eigenvalue weighted by Crippen LogP contribution is -2.21. The van der Waals surface area contributed by atoms with Gasteiger partial charge in [0.25, 0.3) is 0 Å². The van der Waals surface area contributed by atoms with E-state index in [0.29, 0.717) is 6.42 Å². The van der Waals surface area contributed by atoms with Crippen molar-refractivity contribution in [3.05, 3.63) is 0 Å². The summed E-state index contributed by atoms with van der Waals surface area (Å²) in [6.45, 7) is 2.01. The van der Waals surface area contributed by atoms with Gasteiger partial charge in [0.05, 0.1) is 6.07 Å². The van der Waals surface area contributed by atoms with E-state index in [9.17, 15) is 4.79 Å². The molecule has 10 heavy (non-hydrogen) atoms. The third-order valence-corrected chi connectivity index (χ3v) is 1.35. The molecule has 0 aliphatic rings. The lowest BCUT2D eigenvalue weighted by atomic mass is 10.0. The molecular weight excluding hydrogens is 128 g/mol. The molecule has 0 aromatic rings. The minimum atomic E-state index is -0.583. The highest BCUT2D eigenvalue weighted by atomic mass is 16.1. The number of carbonyl (C=O) groups excluding carboxylic acids is 1. The first-order valence-corrected chi connectivity index (χ1v) is 3.41. The number of rotatable bonds is 4. The molecule has 0 radical (unpaired) electrons. The minimum absolute atomic E-state index is 0.504. The molecule has 0 heterocycles. The van der Waals surface area contributed by atoms with Gasteiger partial charge < -0.3 is 5.73 Å². The Morgan fingerprint density at radius 3 is 2.70 bits per heavy atom. The van der Waals surface area contributed by atoms with Gasteiger partial charge in [-0.25, -0.2) is 0 Å². The third-order valence-electron chi connectivity index (χ3n) is 1.35. The highest BCUT2D eigenvalue weighted by Gasteiger charge is 2.11. The maximum atomic E-state index is 10.4. The number of nitriles is 1. The van der Waals surface area contributed by atoms with Crippen molar-refractivity contribution < 1.29 is 4.79 Å². The van der Waals surface area contributed by atoms with Crippen molar-refractivity contribution >= 4 is 5.91 Å². The molecule has 0 bridgehead atoms. The quantitative estimate of drug-likeness (QED) is 0.627. The summed E-state index contributed by atoms with van der Waals surface area (Å²) in [5, 5.41) is 8.37. The summed E-state index contributed by atoms with van der Waals surface area (Å²) in [7, 11) is 0. The number of carbonyl (C=O) groups is 1. The van der Waals surface area contributed by atoms with Crippen molar-refractivity contribution in [1.82, 2.24) is 0 Å². The smallest absolute Gasteiger partial charge is 0.234 e. The fraction of sp³-hybridized carbons (Fsp3) is 0.714. The molecule has 0 aliphatic heterocycles. The lowest BCUT2D eigenvalue weighted by Gasteiger charge is -2.00. The van der Waals surface area contributed by atoms with Crippen molar-refractivity contribution in [1.29, 1.82) is 5.26 Å². The summed E-state index contributed by atoms with van der Waals surface area (Å²) >= 11 is 0. The highest BCUT2D eigenvalue weighted by Crippen LogP contribution is 2.05. The molecule has 1 unspecified atom stereocenters. The summed E-state index contributed by atoms with van der Waals surface area (Å²) < 4.78 is 0. The second-order valence-corrected chi connectivity index (χ2v) is 2.23. The van der Waals surface area contributed by atoms with Crippen LogP contribution >= 0.6 is 0 Å². The molecule has 0 rings (SSSR count). The summed E-state index contributed by atoms with van der Waals surface area (Å²) in [6.07, 6.45) is 2.48. The van der Waals surface area contributed by atoms with Crippen LogP contribution in [-0.4, -0.2) is 5.91 Å². The number of amides is 1. The monoisotopic (exact) mass is 140 g/mol. The van der Waals surface area contributed by atoms with E-state index in [4.69, 9.17) is 11.0 Å². The number of hydrogen-bond donors (Lipinski definition) is 1. The van der Waals surface area contributed by atoms with Gasteiger partial charge in [0.2, 0.25) is 5.91 Å². The van der Waals surface area contributed by atoms with Crippen LogP contribution in [-0.2, 0) is 4.79 Å². The molecule has 3 heteroatoms. The molecule has 56 valence electrons. The standard InChI is InChI=1S/C7H12N2O/c1-2-3-4-6(5-8)7(9)10/h6H,2-4H2,1H3,(H2,9,10). The maximum Gasteiger partial charge on any atom is 0.234 e. The zero-order chi connectivity index (χ0) is 7.98. The molecule has 3 nitrogen and oxygen atoms in total. The normalized spacial score (nSPS) is 12.0. The second-order valence-electron chi connectivity index (χ2n) is 2.23. The molecule has 0 fully saturated rings. The molecule has 0 spiro atoms. The SMILES string of the molecule is CCCCC(C#N)C(N)=O. The Labute approximate surface area is 60.8 Å². The van der Waals surface area contributed by atoms with Gasteiger partial charge in [0.15, 0.2) is 0 Å². The Bertz CT molecular complexity index is 148. The fourth-order valence-corrected chi connectivity index (χ4v) is 0.679. The number of hydrogen-bond acceptors (Lipinski definition) is 2. The van der Waals surface area contributed by atoms with Gasteiger partial charge in [-0.1, -0.05) is 19.8 Å². The first-order chi connectivity index (χ1) is 4.72. The highest BCUT2D eigenvalue weighted by molar-refractivity contribution is 5.79. The maximum absolute atomic E-state index is 10.4. The Balaban J connectivity index is 3.64. The molecule has 0 saturated carbocycles. The topological polar surface area (TPSA) is 66.9 Å².